The largest absolute Gasteiger partial charge is 0.371 e. The molecule has 1 aliphatic rings. The van der Waals surface area contributed by atoms with E-state index in [4.69, 9.17) is 0 Å². The number of carbonyl (C=O) groups is 1. The van der Waals surface area contributed by atoms with Crippen LogP contribution in [0, 0.1) is 18.6 Å². The summed E-state index contributed by atoms with van der Waals surface area (Å²) in [7, 11) is 0. The molecule has 0 bridgehead atoms. The molecule has 1 fully saturated rings. The Kier molecular flexibility index (Phi) is 6.21. The molecule has 3 aromatic rings. The number of benzene rings is 1. The highest BCUT2D eigenvalue weighted by Gasteiger charge is 2.27. The second-order valence-corrected chi connectivity index (χ2v) is 8.00. The highest BCUT2D eigenvalue weighted by Crippen LogP contribution is 2.38. The lowest BCUT2D eigenvalue weighted by Crippen LogP contribution is -2.26. The molecule has 4 rings (SSSR count). The van der Waals surface area contributed by atoms with Crippen molar-refractivity contribution < 1.29 is 13.6 Å². The number of halogens is 2. The van der Waals surface area contributed by atoms with Crippen LogP contribution in [-0.4, -0.2) is 35.5 Å². The van der Waals surface area contributed by atoms with Gasteiger partial charge in [0.25, 0.3) is 0 Å². The van der Waals surface area contributed by atoms with Crippen molar-refractivity contribution in [3.05, 3.63) is 47.8 Å². The van der Waals surface area contributed by atoms with Crippen LogP contribution in [0.3, 0.4) is 0 Å². The zero-order valence-electron chi connectivity index (χ0n) is 18.6. The van der Waals surface area contributed by atoms with Crippen molar-refractivity contribution in [2.45, 2.75) is 40.0 Å². The molecule has 8 heteroatoms. The summed E-state index contributed by atoms with van der Waals surface area (Å²) in [5, 5.41) is 3.47. The van der Waals surface area contributed by atoms with Gasteiger partial charge in [0, 0.05) is 43.8 Å². The van der Waals surface area contributed by atoms with E-state index in [1.54, 1.807) is 24.2 Å². The summed E-state index contributed by atoms with van der Waals surface area (Å²) in [6.45, 7) is 8.27. The Morgan fingerprint density at radius 2 is 2.00 bits per heavy atom. The van der Waals surface area contributed by atoms with Gasteiger partial charge in [0.1, 0.15) is 17.5 Å². The summed E-state index contributed by atoms with van der Waals surface area (Å²) in [4.78, 5) is 25.0. The van der Waals surface area contributed by atoms with Crippen LogP contribution in [0.25, 0.3) is 10.9 Å². The molecular formula is C24H27F2N5O. The molecule has 0 radical (unpaired) electrons. The van der Waals surface area contributed by atoms with Crippen molar-refractivity contribution in [2.75, 3.05) is 34.8 Å². The van der Waals surface area contributed by atoms with Crippen molar-refractivity contribution in [2.24, 2.45) is 0 Å². The summed E-state index contributed by atoms with van der Waals surface area (Å²) in [6.07, 6.45) is 5.64. The molecule has 2 aromatic heterocycles. The molecule has 1 aromatic carbocycles. The predicted molar refractivity (Wildman–Crippen MR) is 124 cm³/mol. The van der Waals surface area contributed by atoms with E-state index < -0.39 is 11.6 Å². The van der Waals surface area contributed by atoms with Crippen LogP contribution < -0.4 is 15.1 Å². The van der Waals surface area contributed by atoms with Crippen molar-refractivity contribution in [1.29, 1.82) is 0 Å². The molecule has 0 spiro atoms. The molecule has 6 nitrogen and oxygen atoms in total. The number of amides is 1. The van der Waals surface area contributed by atoms with E-state index in [0.29, 0.717) is 35.7 Å². The lowest BCUT2D eigenvalue weighted by Gasteiger charge is -2.24. The molecule has 1 amide bonds. The van der Waals surface area contributed by atoms with E-state index >= 15 is 0 Å². The molecule has 0 unspecified atom stereocenters. The molecule has 0 aliphatic carbocycles. The molecule has 1 aliphatic heterocycles. The topological polar surface area (TPSA) is 61.4 Å². The number of anilines is 4. The number of rotatable bonds is 7. The van der Waals surface area contributed by atoms with Gasteiger partial charge in [-0.25, -0.2) is 13.8 Å². The van der Waals surface area contributed by atoms with Gasteiger partial charge in [-0.2, -0.15) is 0 Å². The van der Waals surface area contributed by atoms with Gasteiger partial charge in [-0.05, 0) is 32.8 Å². The minimum absolute atomic E-state index is 0.0374. The summed E-state index contributed by atoms with van der Waals surface area (Å²) in [5.41, 5.74) is 2.88. The van der Waals surface area contributed by atoms with Crippen LogP contribution >= 0.6 is 0 Å². The van der Waals surface area contributed by atoms with Crippen molar-refractivity contribution in [1.82, 2.24) is 9.97 Å². The molecule has 1 N–H and O–H groups in total. The third kappa shape index (κ3) is 4.09. The lowest BCUT2D eigenvalue weighted by atomic mass is 10.1. The van der Waals surface area contributed by atoms with E-state index in [-0.39, 0.29) is 16.8 Å². The fourth-order valence-electron chi connectivity index (χ4n) is 4.24. The predicted octanol–water partition coefficient (Wildman–Crippen LogP) is 5.32. The van der Waals surface area contributed by atoms with Gasteiger partial charge in [0.2, 0.25) is 5.91 Å². The number of carbonyl (C=O) groups excluding carboxylic acids is 1. The van der Waals surface area contributed by atoms with Crippen molar-refractivity contribution in [3.8, 4) is 0 Å². The number of fused-ring (bicyclic) bond motifs is 1. The summed E-state index contributed by atoms with van der Waals surface area (Å²) in [5.74, 6) is -1.03. The van der Waals surface area contributed by atoms with Gasteiger partial charge in [0.05, 0.1) is 40.4 Å². The number of nitrogens with one attached hydrogen (secondary N) is 1. The number of hydrogen-bond donors (Lipinski definition) is 1. The molecule has 168 valence electrons. The van der Waals surface area contributed by atoms with Crippen LogP contribution in [0.15, 0.2) is 30.6 Å². The number of hydrogen-bond acceptors (Lipinski definition) is 5. The summed E-state index contributed by atoms with van der Waals surface area (Å²) in [6, 6.07) is 4.01. The van der Waals surface area contributed by atoms with E-state index in [9.17, 15) is 13.6 Å². The fourth-order valence-corrected chi connectivity index (χ4v) is 4.24. The fraction of sp³-hybridized carbons (Fsp3) is 0.375. The molecule has 0 saturated carbocycles. The zero-order chi connectivity index (χ0) is 22.8. The molecule has 1 saturated heterocycles. The second-order valence-electron chi connectivity index (χ2n) is 8.00. The Morgan fingerprint density at radius 3 is 2.69 bits per heavy atom. The van der Waals surface area contributed by atoms with Crippen LogP contribution in [0.5, 0.6) is 0 Å². The van der Waals surface area contributed by atoms with Gasteiger partial charge in [-0.15, -0.1) is 0 Å². The minimum Gasteiger partial charge on any atom is -0.371 e. The van der Waals surface area contributed by atoms with Gasteiger partial charge >= 0.3 is 0 Å². The first-order chi connectivity index (χ1) is 15.4. The van der Waals surface area contributed by atoms with E-state index in [1.165, 1.54) is 6.07 Å². The standard InChI is InChI=1S/C24H27F2N5O/c1-4-8-30(5-2)18-12-17(13-27-14-18)28-23-15(3)24(31-9-6-7-21(31)32)29-20-11-16(25)10-19(26)22(20)23/h10-14H,4-9H2,1-3H3,(H,28,29). The second kappa shape index (κ2) is 9.06. The van der Waals surface area contributed by atoms with Crippen molar-refractivity contribution >= 4 is 39.7 Å². The highest BCUT2D eigenvalue weighted by molar-refractivity contribution is 6.02. The third-order valence-corrected chi connectivity index (χ3v) is 5.78. The number of aromatic nitrogens is 2. The van der Waals surface area contributed by atoms with Crippen LogP contribution in [0.4, 0.5) is 31.7 Å². The number of pyridine rings is 2. The first-order valence-corrected chi connectivity index (χ1v) is 11.0. The first-order valence-electron chi connectivity index (χ1n) is 11.0. The molecular weight excluding hydrogens is 412 g/mol. The maximum Gasteiger partial charge on any atom is 0.228 e. The third-order valence-electron chi connectivity index (χ3n) is 5.78. The molecule has 0 atom stereocenters. The average molecular weight is 440 g/mol. The Labute approximate surface area is 186 Å². The van der Waals surface area contributed by atoms with E-state index in [2.05, 4.69) is 34.0 Å². The first kappa shape index (κ1) is 21.9. The lowest BCUT2D eigenvalue weighted by molar-refractivity contribution is -0.117. The minimum atomic E-state index is -0.710. The van der Waals surface area contributed by atoms with E-state index in [0.717, 1.165) is 37.7 Å². The maximum absolute atomic E-state index is 14.9. The normalized spacial score (nSPS) is 13.8. The monoisotopic (exact) mass is 439 g/mol. The van der Waals surface area contributed by atoms with Crippen LogP contribution in [0.2, 0.25) is 0 Å². The molecule has 3 heterocycles. The van der Waals surface area contributed by atoms with Crippen LogP contribution in [-0.2, 0) is 4.79 Å². The average Bonchev–Trinajstić information content (AvgIpc) is 3.19. The summed E-state index contributed by atoms with van der Waals surface area (Å²) >= 11 is 0. The van der Waals surface area contributed by atoms with E-state index in [1.807, 2.05) is 6.07 Å². The number of nitrogens with zero attached hydrogens (tertiary/aromatic N) is 4. The maximum atomic E-state index is 14.9. The van der Waals surface area contributed by atoms with Crippen LogP contribution in [0.1, 0.15) is 38.7 Å². The highest BCUT2D eigenvalue weighted by atomic mass is 19.1. The Morgan fingerprint density at radius 1 is 1.19 bits per heavy atom. The quantitative estimate of drug-likeness (QED) is 0.540. The Hall–Kier alpha value is -3.29. The Balaban J connectivity index is 1.84. The summed E-state index contributed by atoms with van der Waals surface area (Å²) < 4.78 is 28.9. The van der Waals surface area contributed by atoms with Gasteiger partial charge < -0.3 is 10.2 Å². The van der Waals surface area contributed by atoms with Gasteiger partial charge in [0.15, 0.2) is 0 Å². The van der Waals surface area contributed by atoms with Crippen molar-refractivity contribution in [3.63, 3.8) is 0 Å². The smallest absolute Gasteiger partial charge is 0.228 e. The Bertz CT molecular complexity index is 1170. The zero-order valence-corrected chi connectivity index (χ0v) is 18.6. The van der Waals surface area contributed by atoms with Gasteiger partial charge in [-0.1, -0.05) is 6.92 Å². The SMILES string of the molecule is CCCN(CC)c1cncc(Nc2c(C)c(N3CCCC3=O)nc3cc(F)cc(F)c23)c1. The van der Waals surface area contributed by atoms with Gasteiger partial charge in [-0.3, -0.25) is 14.7 Å². The molecule has 32 heavy (non-hydrogen) atoms.